The number of aryl methyl sites for hydroxylation is 1. The minimum atomic E-state index is -0.356. The third-order valence-electron chi connectivity index (χ3n) is 3.37. The Kier molecular flexibility index (Phi) is 2.56. The van der Waals surface area contributed by atoms with Crippen LogP contribution in [0.5, 0.6) is 5.75 Å². The van der Waals surface area contributed by atoms with Gasteiger partial charge < -0.3 is 4.74 Å². The maximum absolute atomic E-state index is 10.5. The zero-order valence-corrected chi connectivity index (χ0v) is 9.83. The van der Waals surface area contributed by atoms with E-state index in [0.717, 1.165) is 29.7 Å². The Hall–Kier alpha value is -1.60. The maximum atomic E-state index is 10.5. The third-order valence-corrected chi connectivity index (χ3v) is 3.37. The van der Waals surface area contributed by atoms with Crippen molar-refractivity contribution >= 4 is 6.08 Å². The lowest BCUT2D eigenvalue weighted by molar-refractivity contribution is 0.401. The molecule has 2 rings (SSSR count). The normalized spacial score (nSPS) is 16.4. The van der Waals surface area contributed by atoms with Gasteiger partial charge in [0.05, 0.1) is 7.11 Å². The fraction of sp³-hybridized carbons (Fsp3) is 0.462. The van der Waals surface area contributed by atoms with Crippen molar-refractivity contribution < 1.29 is 9.53 Å². The molecule has 16 heavy (non-hydrogen) atoms. The van der Waals surface area contributed by atoms with Gasteiger partial charge in [-0.15, -0.1) is 0 Å². The van der Waals surface area contributed by atoms with Gasteiger partial charge in [-0.1, -0.05) is 12.1 Å². The third kappa shape index (κ3) is 1.54. The maximum Gasteiger partial charge on any atom is 0.235 e. The molecule has 0 amide bonds. The molecule has 0 saturated heterocycles. The van der Waals surface area contributed by atoms with Gasteiger partial charge in [-0.25, -0.2) is 4.79 Å². The molecule has 1 saturated carbocycles. The van der Waals surface area contributed by atoms with Crippen LogP contribution >= 0.6 is 0 Å². The second kappa shape index (κ2) is 3.76. The van der Waals surface area contributed by atoms with E-state index in [2.05, 4.69) is 4.99 Å². The molecule has 0 N–H and O–H groups in total. The fourth-order valence-corrected chi connectivity index (χ4v) is 2.07. The van der Waals surface area contributed by atoms with Crippen LogP contribution in [0.4, 0.5) is 0 Å². The van der Waals surface area contributed by atoms with E-state index >= 15 is 0 Å². The van der Waals surface area contributed by atoms with E-state index in [0.29, 0.717) is 0 Å². The van der Waals surface area contributed by atoms with Crippen LogP contribution in [0, 0.1) is 13.8 Å². The predicted molar refractivity (Wildman–Crippen MR) is 61.5 cm³/mol. The molecule has 0 aliphatic heterocycles. The standard InChI is InChI=1S/C13H15NO2/c1-9-4-5-11(12(16-3)10(9)2)13(6-7-13)14-8-15/h4-5H,6-7H2,1-3H3. The largest absolute Gasteiger partial charge is 0.496 e. The highest BCUT2D eigenvalue weighted by Gasteiger charge is 2.47. The Morgan fingerprint density at radius 2 is 2.06 bits per heavy atom. The lowest BCUT2D eigenvalue weighted by Gasteiger charge is -2.17. The predicted octanol–water partition coefficient (Wildman–Crippen LogP) is 2.64. The smallest absolute Gasteiger partial charge is 0.235 e. The molecule has 0 bridgehead atoms. The van der Waals surface area contributed by atoms with Crippen LogP contribution < -0.4 is 4.74 Å². The summed E-state index contributed by atoms with van der Waals surface area (Å²) in [5.74, 6) is 0.858. The molecule has 0 aromatic heterocycles. The van der Waals surface area contributed by atoms with E-state index in [1.807, 2.05) is 26.0 Å². The summed E-state index contributed by atoms with van der Waals surface area (Å²) < 4.78 is 5.44. The van der Waals surface area contributed by atoms with Gasteiger partial charge in [0.1, 0.15) is 11.3 Å². The van der Waals surface area contributed by atoms with Gasteiger partial charge in [0.2, 0.25) is 6.08 Å². The van der Waals surface area contributed by atoms with E-state index in [4.69, 9.17) is 4.74 Å². The molecule has 1 aliphatic rings. The number of benzene rings is 1. The quantitative estimate of drug-likeness (QED) is 0.576. The first-order valence-electron chi connectivity index (χ1n) is 5.38. The zero-order valence-electron chi connectivity index (χ0n) is 9.83. The van der Waals surface area contributed by atoms with Gasteiger partial charge in [-0.3, -0.25) is 0 Å². The highest BCUT2D eigenvalue weighted by atomic mass is 16.5. The molecule has 1 aromatic carbocycles. The summed E-state index contributed by atoms with van der Waals surface area (Å²) in [6.45, 7) is 4.07. The lowest BCUT2D eigenvalue weighted by Crippen LogP contribution is -2.07. The Bertz CT molecular complexity index is 469. The molecule has 0 spiro atoms. The lowest BCUT2D eigenvalue weighted by atomic mass is 9.98. The van der Waals surface area contributed by atoms with Crippen molar-refractivity contribution in [2.75, 3.05) is 7.11 Å². The summed E-state index contributed by atoms with van der Waals surface area (Å²) in [4.78, 5) is 14.4. The zero-order chi connectivity index (χ0) is 11.8. The fourth-order valence-electron chi connectivity index (χ4n) is 2.07. The molecular formula is C13H15NO2. The summed E-state index contributed by atoms with van der Waals surface area (Å²) >= 11 is 0. The summed E-state index contributed by atoms with van der Waals surface area (Å²) in [7, 11) is 1.66. The number of isocyanates is 1. The molecule has 0 radical (unpaired) electrons. The van der Waals surface area contributed by atoms with Crippen molar-refractivity contribution in [2.45, 2.75) is 32.2 Å². The average Bonchev–Trinajstić information content (AvgIpc) is 3.03. The van der Waals surface area contributed by atoms with Gasteiger partial charge >= 0.3 is 0 Å². The monoisotopic (exact) mass is 217 g/mol. The molecule has 1 aromatic rings. The van der Waals surface area contributed by atoms with Crippen LogP contribution in [-0.2, 0) is 10.3 Å². The SMILES string of the molecule is COc1c(C2(N=C=O)CC2)ccc(C)c1C. The topological polar surface area (TPSA) is 38.7 Å². The number of nitrogens with zero attached hydrogens (tertiary/aromatic N) is 1. The molecular weight excluding hydrogens is 202 g/mol. The van der Waals surface area contributed by atoms with Crippen LogP contribution in [0.25, 0.3) is 0 Å². The number of aliphatic imine (C=N–C) groups is 1. The van der Waals surface area contributed by atoms with Crippen LogP contribution in [0.3, 0.4) is 0 Å². The van der Waals surface area contributed by atoms with E-state index in [-0.39, 0.29) is 5.54 Å². The average molecular weight is 217 g/mol. The van der Waals surface area contributed by atoms with Crippen molar-refractivity contribution in [1.82, 2.24) is 0 Å². The van der Waals surface area contributed by atoms with Crippen LogP contribution in [-0.4, -0.2) is 13.2 Å². The summed E-state index contributed by atoms with van der Waals surface area (Å²) in [5, 5.41) is 0. The van der Waals surface area contributed by atoms with Crippen molar-refractivity contribution in [3.63, 3.8) is 0 Å². The molecule has 0 heterocycles. The molecule has 84 valence electrons. The van der Waals surface area contributed by atoms with Crippen molar-refractivity contribution in [3.05, 3.63) is 28.8 Å². The summed E-state index contributed by atoms with van der Waals surface area (Å²) in [6, 6.07) is 4.06. The highest BCUT2D eigenvalue weighted by molar-refractivity contribution is 5.52. The number of ether oxygens (including phenoxy) is 1. The second-order valence-electron chi connectivity index (χ2n) is 4.32. The van der Waals surface area contributed by atoms with E-state index in [9.17, 15) is 4.79 Å². The van der Waals surface area contributed by atoms with Crippen LogP contribution in [0.15, 0.2) is 17.1 Å². The van der Waals surface area contributed by atoms with Gasteiger partial charge in [-0.05, 0) is 37.8 Å². The molecule has 0 unspecified atom stereocenters. The van der Waals surface area contributed by atoms with Crippen molar-refractivity contribution in [3.8, 4) is 5.75 Å². The summed E-state index contributed by atoms with van der Waals surface area (Å²) in [5.41, 5.74) is 2.96. The highest BCUT2D eigenvalue weighted by Crippen LogP contribution is 2.53. The van der Waals surface area contributed by atoms with Crippen molar-refractivity contribution in [1.29, 1.82) is 0 Å². The number of hydrogen-bond donors (Lipinski definition) is 0. The first kappa shape index (κ1) is 10.9. The van der Waals surface area contributed by atoms with Gasteiger partial charge in [-0.2, -0.15) is 4.99 Å². The van der Waals surface area contributed by atoms with E-state index in [1.165, 1.54) is 5.56 Å². The van der Waals surface area contributed by atoms with Gasteiger partial charge in [0, 0.05) is 5.56 Å². The Balaban J connectivity index is 2.57. The van der Waals surface area contributed by atoms with Gasteiger partial charge in [0.25, 0.3) is 0 Å². The molecule has 1 aliphatic carbocycles. The molecule has 0 atom stereocenters. The molecule has 1 fully saturated rings. The van der Waals surface area contributed by atoms with Crippen molar-refractivity contribution in [2.24, 2.45) is 4.99 Å². The van der Waals surface area contributed by atoms with Crippen LogP contribution in [0.2, 0.25) is 0 Å². The molecule has 3 heteroatoms. The van der Waals surface area contributed by atoms with E-state index in [1.54, 1.807) is 13.2 Å². The Labute approximate surface area is 95.2 Å². The van der Waals surface area contributed by atoms with E-state index < -0.39 is 0 Å². The molecule has 3 nitrogen and oxygen atoms in total. The summed E-state index contributed by atoms with van der Waals surface area (Å²) in [6.07, 6.45) is 3.48. The number of rotatable bonds is 3. The number of methoxy groups -OCH3 is 1. The number of hydrogen-bond acceptors (Lipinski definition) is 3. The number of carbonyl (C=O) groups excluding carboxylic acids is 1. The minimum absolute atomic E-state index is 0.356. The Morgan fingerprint density at radius 3 is 2.56 bits per heavy atom. The minimum Gasteiger partial charge on any atom is -0.496 e. The van der Waals surface area contributed by atoms with Gasteiger partial charge in [0.15, 0.2) is 0 Å². The second-order valence-corrected chi connectivity index (χ2v) is 4.32. The first-order valence-corrected chi connectivity index (χ1v) is 5.38. The Morgan fingerprint density at radius 1 is 1.38 bits per heavy atom. The van der Waals surface area contributed by atoms with Crippen LogP contribution in [0.1, 0.15) is 29.5 Å². The first-order chi connectivity index (χ1) is 7.64.